The molecule has 0 saturated carbocycles. The number of aliphatic carboxylic acids is 1. The minimum atomic E-state index is -3.59. The standard InChI is InChI=1S/C21H26N2O6S/c1-21(2,3)29-20(26)22-18(19(24)25)13-15-9-11-17(12-10-15)23-30(27,28)14-16-7-5-4-6-8-16/h4-12,18,23H,13-14H2,1-3H3,(H,22,26)(H,24,25). The summed E-state index contributed by atoms with van der Waals surface area (Å²) in [5.74, 6) is -1.36. The number of carboxylic acids is 1. The normalized spacial score (nSPS) is 12.6. The van der Waals surface area contributed by atoms with E-state index in [9.17, 15) is 23.1 Å². The zero-order valence-corrected chi connectivity index (χ0v) is 17.9. The van der Waals surface area contributed by atoms with E-state index >= 15 is 0 Å². The molecule has 0 spiro atoms. The highest BCUT2D eigenvalue weighted by Crippen LogP contribution is 2.15. The SMILES string of the molecule is CC(C)(C)OC(=O)NC(Cc1ccc(NS(=O)(=O)Cc2ccccc2)cc1)C(=O)O. The van der Waals surface area contributed by atoms with Crippen LogP contribution in [0.1, 0.15) is 31.9 Å². The number of carbonyl (C=O) groups excluding carboxylic acids is 1. The Morgan fingerprint density at radius 1 is 1.00 bits per heavy atom. The van der Waals surface area contributed by atoms with Crippen LogP contribution in [0.4, 0.5) is 10.5 Å². The molecule has 0 aliphatic carbocycles. The zero-order chi connectivity index (χ0) is 22.4. The summed E-state index contributed by atoms with van der Waals surface area (Å²) >= 11 is 0. The van der Waals surface area contributed by atoms with Gasteiger partial charge in [-0.2, -0.15) is 0 Å². The maximum absolute atomic E-state index is 12.3. The fraction of sp³-hybridized carbons (Fsp3) is 0.333. The van der Waals surface area contributed by atoms with Gasteiger partial charge in [0.1, 0.15) is 11.6 Å². The van der Waals surface area contributed by atoms with Gasteiger partial charge in [-0.3, -0.25) is 4.72 Å². The molecule has 0 bridgehead atoms. The summed E-state index contributed by atoms with van der Waals surface area (Å²) in [6.07, 6.45) is -0.800. The molecule has 2 aromatic carbocycles. The van der Waals surface area contributed by atoms with E-state index in [2.05, 4.69) is 10.0 Å². The van der Waals surface area contributed by atoms with Gasteiger partial charge in [-0.15, -0.1) is 0 Å². The van der Waals surface area contributed by atoms with Crippen LogP contribution in [0.3, 0.4) is 0 Å². The van der Waals surface area contributed by atoms with Crippen LogP contribution in [0, 0.1) is 0 Å². The Balaban J connectivity index is 1.99. The van der Waals surface area contributed by atoms with Crippen molar-refractivity contribution in [3.8, 4) is 0 Å². The molecule has 0 heterocycles. The lowest BCUT2D eigenvalue weighted by molar-refractivity contribution is -0.139. The number of sulfonamides is 1. The molecule has 30 heavy (non-hydrogen) atoms. The zero-order valence-electron chi connectivity index (χ0n) is 17.1. The highest BCUT2D eigenvalue weighted by molar-refractivity contribution is 7.91. The fourth-order valence-corrected chi connectivity index (χ4v) is 3.80. The predicted octanol–water partition coefficient (Wildman–Crippen LogP) is 3.15. The number of anilines is 1. The second-order valence-electron chi connectivity index (χ2n) is 7.78. The summed E-state index contributed by atoms with van der Waals surface area (Å²) in [4.78, 5) is 23.3. The van der Waals surface area contributed by atoms with Crippen LogP contribution in [-0.2, 0) is 31.7 Å². The molecule has 1 unspecified atom stereocenters. The fourth-order valence-electron chi connectivity index (χ4n) is 2.60. The average Bonchev–Trinajstić information content (AvgIpc) is 2.61. The molecule has 0 aliphatic heterocycles. The van der Waals surface area contributed by atoms with Crippen molar-refractivity contribution in [2.45, 2.75) is 44.6 Å². The van der Waals surface area contributed by atoms with Crippen molar-refractivity contribution in [2.24, 2.45) is 0 Å². The summed E-state index contributed by atoms with van der Waals surface area (Å²) in [5, 5.41) is 11.7. The smallest absolute Gasteiger partial charge is 0.408 e. The Bertz CT molecular complexity index is 967. The van der Waals surface area contributed by atoms with Crippen molar-refractivity contribution in [2.75, 3.05) is 4.72 Å². The minimum Gasteiger partial charge on any atom is -0.480 e. The first-order valence-electron chi connectivity index (χ1n) is 9.29. The number of hydrogen-bond acceptors (Lipinski definition) is 5. The van der Waals surface area contributed by atoms with Gasteiger partial charge in [-0.1, -0.05) is 42.5 Å². The number of rotatable bonds is 8. The number of benzene rings is 2. The lowest BCUT2D eigenvalue weighted by atomic mass is 10.1. The van der Waals surface area contributed by atoms with E-state index in [1.54, 1.807) is 69.3 Å². The molecule has 0 radical (unpaired) electrons. The molecule has 8 nitrogen and oxygen atoms in total. The monoisotopic (exact) mass is 434 g/mol. The lowest BCUT2D eigenvalue weighted by Crippen LogP contribution is -2.44. The maximum atomic E-state index is 12.3. The Labute approximate surface area is 176 Å². The van der Waals surface area contributed by atoms with Gasteiger partial charge in [0, 0.05) is 12.1 Å². The quantitative estimate of drug-likeness (QED) is 0.587. The highest BCUT2D eigenvalue weighted by Gasteiger charge is 2.24. The van der Waals surface area contributed by atoms with Crippen molar-refractivity contribution in [1.29, 1.82) is 0 Å². The second kappa shape index (κ2) is 9.62. The number of nitrogens with one attached hydrogen (secondary N) is 2. The van der Waals surface area contributed by atoms with Crippen molar-refractivity contribution < 1.29 is 27.9 Å². The number of carboxylic acid groups (broad SMARTS) is 1. The van der Waals surface area contributed by atoms with Crippen LogP contribution in [0.25, 0.3) is 0 Å². The molecule has 0 aliphatic rings. The van der Waals surface area contributed by atoms with Gasteiger partial charge in [0.2, 0.25) is 10.0 Å². The van der Waals surface area contributed by atoms with Crippen molar-refractivity contribution in [3.63, 3.8) is 0 Å². The van der Waals surface area contributed by atoms with E-state index in [4.69, 9.17) is 4.74 Å². The van der Waals surface area contributed by atoms with Crippen LogP contribution in [0.2, 0.25) is 0 Å². The largest absolute Gasteiger partial charge is 0.480 e. The van der Waals surface area contributed by atoms with E-state index in [1.807, 2.05) is 6.07 Å². The molecule has 1 amide bonds. The van der Waals surface area contributed by atoms with Crippen molar-refractivity contribution in [1.82, 2.24) is 5.32 Å². The van der Waals surface area contributed by atoms with Crippen LogP contribution < -0.4 is 10.0 Å². The van der Waals surface area contributed by atoms with Crippen LogP contribution in [0.15, 0.2) is 54.6 Å². The molecule has 9 heteroatoms. The molecule has 2 aromatic rings. The molecule has 0 aromatic heterocycles. The summed E-state index contributed by atoms with van der Waals surface area (Å²) in [6.45, 7) is 5.04. The van der Waals surface area contributed by atoms with E-state index < -0.39 is 33.7 Å². The van der Waals surface area contributed by atoms with Crippen LogP contribution in [-0.4, -0.2) is 37.2 Å². The third kappa shape index (κ3) is 8.12. The molecule has 0 fully saturated rings. The van der Waals surface area contributed by atoms with Gasteiger partial charge in [0.05, 0.1) is 5.75 Å². The van der Waals surface area contributed by atoms with Crippen LogP contribution >= 0.6 is 0 Å². The lowest BCUT2D eigenvalue weighted by Gasteiger charge is -2.22. The first-order chi connectivity index (χ1) is 13.9. The maximum Gasteiger partial charge on any atom is 0.408 e. The van der Waals surface area contributed by atoms with Gasteiger partial charge < -0.3 is 15.2 Å². The highest BCUT2D eigenvalue weighted by atomic mass is 32.2. The van der Waals surface area contributed by atoms with Crippen LogP contribution in [0.5, 0.6) is 0 Å². The summed E-state index contributed by atoms with van der Waals surface area (Å²) in [6, 6.07) is 13.9. The molecule has 2 rings (SSSR count). The van der Waals surface area contributed by atoms with E-state index in [0.29, 0.717) is 16.8 Å². The summed E-state index contributed by atoms with van der Waals surface area (Å²) in [5.41, 5.74) is 0.899. The topological polar surface area (TPSA) is 122 Å². The van der Waals surface area contributed by atoms with E-state index in [-0.39, 0.29) is 12.2 Å². The van der Waals surface area contributed by atoms with E-state index in [0.717, 1.165) is 0 Å². The molecule has 162 valence electrons. The molecular formula is C21H26N2O6S. The van der Waals surface area contributed by atoms with Crippen molar-refractivity contribution in [3.05, 3.63) is 65.7 Å². The Kier molecular flexibility index (Phi) is 7.44. The third-order valence-electron chi connectivity index (χ3n) is 3.86. The Hall–Kier alpha value is -3.07. The Morgan fingerprint density at radius 3 is 2.13 bits per heavy atom. The van der Waals surface area contributed by atoms with Gasteiger partial charge in [0.25, 0.3) is 0 Å². The average molecular weight is 435 g/mol. The summed E-state index contributed by atoms with van der Waals surface area (Å²) in [7, 11) is -3.59. The number of alkyl carbamates (subject to hydrolysis) is 1. The molecule has 3 N–H and O–H groups in total. The van der Waals surface area contributed by atoms with Gasteiger partial charge in [-0.25, -0.2) is 18.0 Å². The molecule has 1 atom stereocenters. The van der Waals surface area contributed by atoms with Gasteiger partial charge in [0.15, 0.2) is 0 Å². The third-order valence-corrected chi connectivity index (χ3v) is 5.12. The number of carbonyl (C=O) groups is 2. The second-order valence-corrected chi connectivity index (χ2v) is 9.51. The molecular weight excluding hydrogens is 408 g/mol. The number of amides is 1. The number of ether oxygens (including phenoxy) is 1. The Morgan fingerprint density at radius 2 is 1.60 bits per heavy atom. The first kappa shape index (κ1) is 23.2. The van der Waals surface area contributed by atoms with Crippen molar-refractivity contribution >= 4 is 27.8 Å². The van der Waals surface area contributed by atoms with Gasteiger partial charge >= 0.3 is 12.1 Å². The first-order valence-corrected chi connectivity index (χ1v) is 10.9. The summed E-state index contributed by atoms with van der Waals surface area (Å²) < 4.78 is 32.2. The van der Waals surface area contributed by atoms with Gasteiger partial charge in [-0.05, 0) is 44.0 Å². The predicted molar refractivity (Wildman–Crippen MR) is 114 cm³/mol. The minimum absolute atomic E-state index is 0.0195. The van der Waals surface area contributed by atoms with E-state index in [1.165, 1.54) is 0 Å². The molecule has 0 saturated heterocycles. The number of hydrogen-bond donors (Lipinski definition) is 3.